The lowest BCUT2D eigenvalue weighted by atomic mass is 9.88. The second-order valence-electron chi connectivity index (χ2n) is 4.75. The van der Waals surface area contributed by atoms with E-state index in [1.165, 1.54) is 12.1 Å². The molecule has 2 aromatic carbocycles. The highest BCUT2D eigenvalue weighted by atomic mass is 19.4. The molecular formula is C16H14F3NO. The fourth-order valence-corrected chi connectivity index (χ4v) is 2.22. The third-order valence-electron chi connectivity index (χ3n) is 3.25. The standard InChI is InChI=1S/C16H14F3NO/c17-16(18,19)13-8-6-12(7-9-13)14(10-15(20)21)11-4-2-1-3-5-11/h1-9,14H,10H2,(H2,20,21)/t14-/m0/s1. The number of benzene rings is 2. The first-order chi connectivity index (χ1) is 9.88. The molecule has 5 heteroatoms. The molecule has 0 spiro atoms. The van der Waals surface area contributed by atoms with E-state index in [1.807, 2.05) is 30.3 Å². The van der Waals surface area contributed by atoms with Crippen LogP contribution in [0.5, 0.6) is 0 Å². The maximum Gasteiger partial charge on any atom is 0.416 e. The van der Waals surface area contributed by atoms with Crippen LogP contribution in [0.2, 0.25) is 0 Å². The molecule has 2 aromatic rings. The molecule has 1 atom stereocenters. The van der Waals surface area contributed by atoms with Gasteiger partial charge in [0.25, 0.3) is 0 Å². The maximum absolute atomic E-state index is 12.6. The summed E-state index contributed by atoms with van der Waals surface area (Å²) in [7, 11) is 0. The number of rotatable bonds is 4. The number of halogens is 3. The van der Waals surface area contributed by atoms with Gasteiger partial charge in [0.1, 0.15) is 0 Å². The Morgan fingerprint density at radius 2 is 1.48 bits per heavy atom. The van der Waals surface area contributed by atoms with Gasteiger partial charge in [0.15, 0.2) is 0 Å². The number of carbonyl (C=O) groups is 1. The van der Waals surface area contributed by atoms with Gasteiger partial charge in [-0.25, -0.2) is 0 Å². The predicted molar refractivity (Wildman–Crippen MR) is 73.5 cm³/mol. The minimum absolute atomic E-state index is 0.0510. The van der Waals surface area contributed by atoms with E-state index in [0.717, 1.165) is 17.7 Å². The molecule has 0 saturated heterocycles. The largest absolute Gasteiger partial charge is 0.416 e. The smallest absolute Gasteiger partial charge is 0.370 e. The summed E-state index contributed by atoms with van der Waals surface area (Å²) in [5.41, 5.74) is 6.01. The number of alkyl halides is 3. The van der Waals surface area contributed by atoms with Gasteiger partial charge in [-0.15, -0.1) is 0 Å². The van der Waals surface area contributed by atoms with Crippen LogP contribution in [0.1, 0.15) is 29.0 Å². The molecule has 0 aliphatic carbocycles. The van der Waals surface area contributed by atoms with Gasteiger partial charge in [-0.3, -0.25) is 4.79 Å². The Morgan fingerprint density at radius 3 is 1.95 bits per heavy atom. The van der Waals surface area contributed by atoms with Gasteiger partial charge in [0.2, 0.25) is 5.91 Å². The van der Waals surface area contributed by atoms with Crippen molar-refractivity contribution in [3.05, 3.63) is 71.3 Å². The molecule has 0 aliphatic rings. The molecule has 0 aliphatic heterocycles. The molecule has 0 fully saturated rings. The van der Waals surface area contributed by atoms with Crippen LogP contribution in [0.4, 0.5) is 13.2 Å². The van der Waals surface area contributed by atoms with E-state index in [2.05, 4.69) is 0 Å². The van der Waals surface area contributed by atoms with Crippen molar-refractivity contribution in [1.29, 1.82) is 0 Å². The lowest BCUT2D eigenvalue weighted by Gasteiger charge is -2.17. The van der Waals surface area contributed by atoms with Gasteiger partial charge in [-0.1, -0.05) is 42.5 Å². The van der Waals surface area contributed by atoms with Gasteiger partial charge in [-0.2, -0.15) is 13.2 Å². The lowest BCUT2D eigenvalue weighted by molar-refractivity contribution is -0.137. The molecule has 2 rings (SSSR count). The zero-order valence-corrected chi connectivity index (χ0v) is 11.1. The molecule has 2 nitrogen and oxygen atoms in total. The summed E-state index contributed by atoms with van der Waals surface area (Å²) in [6, 6.07) is 13.9. The molecule has 0 aromatic heterocycles. The highest BCUT2D eigenvalue weighted by Gasteiger charge is 2.30. The Hall–Kier alpha value is -2.30. The minimum Gasteiger partial charge on any atom is -0.370 e. The molecule has 0 unspecified atom stereocenters. The van der Waals surface area contributed by atoms with Crippen molar-refractivity contribution in [2.75, 3.05) is 0 Å². The van der Waals surface area contributed by atoms with Crippen molar-refractivity contribution in [2.45, 2.75) is 18.5 Å². The van der Waals surface area contributed by atoms with Gasteiger partial charge in [0, 0.05) is 12.3 Å². The van der Waals surface area contributed by atoms with Crippen LogP contribution >= 0.6 is 0 Å². The van der Waals surface area contributed by atoms with Gasteiger partial charge in [0.05, 0.1) is 5.56 Å². The Balaban J connectivity index is 2.36. The molecule has 2 N–H and O–H groups in total. The van der Waals surface area contributed by atoms with Crippen LogP contribution in [-0.4, -0.2) is 5.91 Å². The van der Waals surface area contributed by atoms with Crippen molar-refractivity contribution < 1.29 is 18.0 Å². The van der Waals surface area contributed by atoms with Crippen molar-refractivity contribution in [2.24, 2.45) is 5.73 Å². The average molecular weight is 293 g/mol. The highest BCUT2D eigenvalue weighted by Crippen LogP contribution is 2.32. The average Bonchev–Trinajstić information content (AvgIpc) is 2.45. The first-order valence-corrected chi connectivity index (χ1v) is 6.38. The van der Waals surface area contributed by atoms with E-state index >= 15 is 0 Å². The fraction of sp³-hybridized carbons (Fsp3) is 0.188. The molecule has 110 valence electrons. The van der Waals surface area contributed by atoms with Crippen LogP contribution in [0.25, 0.3) is 0 Å². The fourth-order valence-electron chi connectivity index (χ4n) is 2.22. The summed E-state index contributed by atoms with van der Waals surface area (Å²) in [5, 5.41) is 0. The molecule has 0 bridgehead atoms. The first kappa shape index (κ1) is 15.1. The third kappa shape index (κ3) is 3.84. The summed E-state index contributed by atoms with van der Waals surface area (Å²) in [6.07, 6.45) is -4.32. The van der Waals surface area contributed by atoms with Crippen molar-refractivity contribution >= 4 is 5.91 Å². The number of primary amides is 1. The second-order valence-corrected chi connectivity index (χ2v) is 4.75. The van der Waals surface area contributed by atoms with E-state index in [0.29, 0.717) is 5.56 Å². The predicted octanol–water partition coefficient (Wildman–Crippen LogP) is 3.71. The van der Waals surface area contributed by atoms with Crippen LogP contribution in [-0.2, 0) is 11.0 Å². The number of hydrogen-bond acceptors (Lipinski definition) is 1. The molecule has 0 heterocycles. The maximum atomic E-state index is 12.6. The van der Waals surface area contributed by atoms with E-state index in [4.69, 9.17) is 5.73 Å². The van der Waals surface area contributed by atoms with Gasteiger partial charge < -0.3 is 5.73 Å². The zero-order valence-electron chi connectivity index (χ0n) is 11.1. The first-order valence-electron chi connectivity index (χ1n) is 6.38. The Morgan fingerprint density at radius 1 is 0.952 bits per heavy atom. The second kappa shape index (κ2) is 5.99. The summed E-state index contributed by atoms with van der Waals surface area (Å²) in [5.74, 6) is -0.838. The SMILES string of the molecule is NC(=O)C[C@@H](c1ccccc1)c1ccc(C(F)(F)F)cc1. The molecule has 0 radical (unpaired) electrons. The monoisotopic (exact) mass is 293 g/mol. The topological polar surface area (TPSA) is 43.1 Å². The van der Waals surface area contributed by atoms with E-state index in [-0.39, 0.29) is 12.3 Å². The Kier molecular flexibility index (Phi) is 4.31. The van der Waals surface area contributed by atoms with Crippen LogP contribution in [0.15, 0.2) is 54.6 Å². The quantitative estimate of drug-likeness (QED) is 0.917. The summed E-state index contributed by atoms with van der Waals surface area (Å²) < 4.78 is 37.7. The van der Waals surface area contributed by atoms with Crippen molar-refractivity contribution in [3.63, 3.8) is 0 Å². The van der Waals surface area contributed by atoms with E-state index in [9.17, 15) is 18.0 Å². The number of nitrogens with two attached hydrogens (primary N) is 1. The Bertz CT molecular complexity index is 606. The Labute approximate surface area is 120 Å². The van der Waals surface area contributed by atoms with Crippen LogP contribution in [0.3, 0.4) is 0 Å². The summed E-state index contributed by atoms with van der Waals surface area (Å²) in [4.78, 5) is 11.2. The third-order valence-corrected chi connectivity index (χ3v) is 3.25. The zero-order chi connectivity index (χ0) is 15.5. The molecule has 21 heavy (non-hydrogen) atoms. The normalized spacial score (nSPS) is 12.9. The van der Waals surface area contributed by atoms with Crippen LogP contribution in [0, 0.1) is 0 Å². The lowest BCUT2D eigenvalue weighted by Crippen LogP contribution is -2.16. The van der Waals surface area contributed by atoms with E-state index < -0.39 is 17.6 Å². The van der Waals surface area contributed by atoms with Gasteiger partial charge >= 0.3 is 6.18 Å². The molecule has 0 saturated carbocycles. The number of hydrogen-bond donors (Lipinski definition) is 1. The summed E-state index contributed by atoms with van der Waals surface area (Å²) >= 11 is 0. The summed E-state index contributed by atoms with van der Waals surface area (Å²) in [6.45, 7) is 0. The van der Waals surface area contributed by atoms with E-state index in [1.54, 1.807) is 0 Å². The number of carbonyl (C=O) groups excluding carboxylic acids is 1. The van der Waals surface area contributed by atoms with Gasteiger partial charge in [-0.05, 0) is 23.3 Å². The molecular weight excluding hydrogens is 279 g/mol. The number of amides is 1. The minimum atomic E-state index is -4.37. The van der Waals surface area contributed by atoms with Crippen molar-refractivity contribution in [1.82, 2.24) is 0 Å². The van der Waals surface area contributed by atoms with Crippen LogP contribution < -0.4 is 5.73 Å². The highest BCUT2D eigenvalue weighted by molar-refractivity contribution is 5.75. The molecule has 1 amide bonds. The van der Waals surface area contributed by atoms with Crippen molar-refractivity contribution in [3.8, 4) is 0 Å².